The highest BCUT2D eigenvalue weighted by atomic mass is 35.5. The molecule has 0 radical (unpaired) electrons. The minimum Gasteiger partial charge on any atom is -0.508 e. The summed E-state index contributed by atoms with van der Waals surface area (Å²) in [7, 11) is 0. The number of hydrogen-bond acceptors (Lipinski definition) is 4. The number of hydrogen-bond donors (Lipinski definition) is 1. The highest BCUT2D eigenvalue weighted by molar-refractivity contribution is 5.85. The van der Waals surface area contributed by atoms with Crippen molar-refractivity contribution in [3.05, 3.63) is 71.5 Å². The Morgan fingerprint density at radius 2 is 1.35 bits per heavy atom. The molecular formula is C23H27ClF6O4. The molecule has 0 aliphatic carbocycles. The van der Waals surface area contributed by atoms with E-state index in [0.29, 0.717) is 25.2 Å². The van der Waals surface area contributed by atoms with Gasteiger partial charge in [0.15, 0.2) is 41.2 Å². The summed E-state index contributed by atoms with van der Waals surface area (Å²) >= 11 is 0. The molecule has 2 aliphatic heterocycles. The van der Waals surface area contributed by atoms with Gasteiger partial charge in [0.1, 0.15) is 11.5 Å². The molecule has 1 saturated heterocycles. The van der Waals surface area contributed by atoms with Gasteiger partial charge in [0.2, 0.25) is 0 Å². The lowest BCUT2D eigenvalue weighted by atomic mass is 10.2. The van der Waals surface area contributed by atoms with Crippen molar-refractivity contribution in [2.75, 3.05) is 13.2 Å². The van der Waals surface area contributed by atoms with E-state index in [-0.39, 0.29) is 25.6 Å². The van der Waals surface area contributed by atoms with Crippen LogP contribution in [-0.2, 0) is 9.47 Å². The Labute approximate surface area is 200 Å². The SMILES string of the molecule is C.C1=COCCC1.Cl.Fc1cc(OC2CCCCO2)cc(F)c1F.Oc1cc(F)c(F)c(F)c1. The molecule has 4 rings (SSSR count). The first kappa shape index (κ1) is 31.4. The number of phenolic OH excluding ortho intramolecular Hbond substituents is 1. The van der Waals surface area contributed by atoms with Crippen molar-refractivity contribution in [2.45, 2.75) is 45.8 Å². The van der Waals surface area contributed by atoms with Crippen LogP contribution in [0.15, 0.2) is 36.6 Å². The predicted octanol–water partition coefficient (Wildman–Crippen LogP) is 7.19. The van der Waals surface area contributed by atoms with Crippen LogP contribution in [0.4, 0.5) is 26.3 Å². The standard InChI is InChI=1S/C11H11F3O2.C6H3F3O.C5H8O.CH4.ClH/c12-8-5-7(6-9(13)11(8)14)16-10-3-1-2-4-15-10;7-4-1-3(10)2-5(8)6(4)9;1-2-4-6-5-3-1;;/h5-6,10H,1-4H2;1-2,10H;2,4H,1,3,5H2;1H4;1H. The van der Waals surface area contributed by atoms with Crippen molar-refractivity contribution in [2.24, 2.45) is 0 Å². The largest absolute Gasteiger partial charge is 0.508 e. The van der Waals surface area contributed by atoms with Gasteiger partial charge in [-0.15, -0.1) is 12.4 Å². The van der Waals surface area contributed by atoms with E-state index in [4.69, 9.17) is 19.3 Å². The molecule has 0 aromatic heterocycles. The maximum atomic E-state index is 12.9. The second-order valence-corrected chi connectivity index (χ2v) is 6.72. The first-order valence-corrected chi connectivity index (χ1v) is 9.81. The summed E-state index contributed by atoms with van der Waals surface area (Å²) in [5, 5.41) is 8.47. The van der Waals surface area contributed by atoms with Crippen LogP contribution in [0, 0.1) is 34.9 Å². The molecular weight excluding hydrogens is 490 g/mol. The Kier molecular flexibility index (Phi) is 14.9. The topological polar surface area (TPSA) is 47.9 Å². The molecule has 1 unspecified atom stereocenters. The van der Waals surface area contributed by atoms with Gasteiger partial charge in [0.05, 0.1) is 19.5 Å². The highest BCUT2D eigenvalue weighted by Gasteiger charge is 2.18. The first-order valence-electron chi connectivity index (χ1n) is 9.81. The van der Waals surface area contributed by atoms with E-state index >= 15 is 0 Å². The summed E-state index contributed by atoms with van der Waals surface area (Å²) in [6.45, 7) is 1.48. The number of rotatable bonds is 2. The van der Waals surface area contributed by atoms with Gasteiger partial charge in [0.25, 0.3) is 0 Å². The molecule has 0 saturated carbocycles. The van der Waals surface area contributed by atoms with Gasteiger partial charge in [-0.25, -0.2) is 26.3 Å². The van der Waals surface area contributed by atoms with E-state index in [1.165, 1.54) is 12.8 Å². The lowest BCUT2D eigenvalue weighted by Gasteiger charge is -2.23. The van der Waals surface area contributed by atoms with Crippen LogP contribution in [0.1, 0.15) is 39.5 Å². The maximum Gasteiger partial charge on any atom is 0.199 e. The van der Waals surface area contributed by atoms with Gasteiger partial charge in [-0.1, -0.05) is 7.43 Å². The number of halogens is 7. The molecule has 0 amide bonds. The summed E-state index contributed by atoms with van der Waals surface area (Å²) in [6, 6.07) is 2.63. The van der Waals surface area contributed by atoms with Gasteiger partial charge in [-0.2, -0.15) is 0 Å². The molecule has 2 aliphatic rings. The number of ether oxygens (including phenoxy) is 3. The third-order valence-corrected chi connectivity index (χ3v) is 4.16. The number of aromatic hydroxyl groups is 1. The zero-order valence-electron chi connectivity index (χ0n) is 17.3. The van der Waals surface area contributed by atoms with Crippen molar-refractivity contribution < 1.29 is 45.7 Å². The number of phenols is 1. The smallest absolute Gasteiger partial charge is 0.199 e. The number of allylic oxidation sites excluding steroid dienone is 1. The molecule has 2 heterocycles. The summed E-state index contributed by atoms with van der Waals surface area (Å²) in [5.74, 6) is -9.04. The average Bonchev–Trinajstić information content (AvgIpc) is 2.78. The van der Waals surface area contributed by atoms with Crippen LogP contribution >= 0.6 is 12.4 Å². The van der Waals surface area contributed by atoms with Crippen LogP contribution in [-0.4, -0.2) is 24.6 Å². The quantitative estimate of drug-likeness (QED) is 0.339. The third-order valence-electron chi connectivity index (χ3n) is 4.16. The summed E-state index contributed by atoms with van der Waals surface area (Å²) in [6.07, 6.45) is 8.26. The Bertz CT molecular complexity index is 853. The Morgan fingerprint density at radius 1 is 0.794 bits per heavy atom. The Balaban J connectivity index is 0.000000520. The lowest BCUT2D eigenvalue weighted by Crippen LogP contribution is -2.25. The summed E-state index contributed by atoms with van der Waals surface area (Å²) in [5.41, 5.74) is 0. The van der Waals surface area contributed by atoms with Crippen molar-refractivity contribution in [1.82, 2.24) is 0 Å². The van der Waals surface area contributed by atoms with Crippen LogP contribution in [0.2, 0.25) is 0 Å². The Morgan fingerprint density at radius 3 is 1.74 bits per heavy atom. The molecule has 2 aromatic rings. The van der Waals surface area contributed by atoms with E-state index in [1.54, 1.807) is 6.26 Å². The average molecular weight is 517 g/mol. The van der Waals surface area contributed by atoms with Gasteiger partial charge in [0, 0.05) is 30.7 Å². The van der Waals surface area contributed by atoms with Crippen LogP contribution in [0.25, 0.3) is 0 Å². The normalized spacial score (nSPS) is 16.2. The van der Waals surface area contributed by atoms with Gasteiger partial charge >= 0.3 is 0 Å². The molecule has 0 bridgehead atoms. The van der Waals surface area contributed by atoms with Crippen molar-refractivity contribution in [1.29, 1.82) is 0 Å². The van der Waals surface area contributed by atoms with Crippen LogP contribution in [0.3, 0.4) is 0 Å². The maximum absolute atomic E-state index is 12.9. The fraction of sp³-hybridized carbons (Fsp3) is 0.391. The monoisotopic (exact) mass is 516 g/mol. The zero-order chi connectivity index (χ0) is 23.5. The van der Waals surface area contributed by atoms with E-state index < -0.39 is 46.9 Å². The fourth-order valence-electron chi connectivity index (χ4n) is 2.59. The minimum absolute atomic E-state index is 0. The highest BCUT2D eigenvalue weighted by Crippen LogP contribution is 2.23. The first-order chi connectivity index (χ1) is 15.3. The zero-order valence-corrected chi connectivity index (χ0v) is 18.2. The molecule has 1 atom stereocenters. The molecule has 192 valence electrons. The fourth-order valence-corrected chi connectivity index (χ4v) is 2.59. The van der Waals surface area contributed by atoms with Crippen LogP contribution in [0.5, 0.6) is 11.5 Å². The van der Waals surface area contributed by atoms with Crippen molar-refractivity contribution >= 4 is 12.4 Å². The molecule has 1 N–H and O–H groups in total. The second kappa shape index (κ2) is 16.1. The van der Waals surface area contributed by atoms with Gasteiger partial charge in [-0.3, -0.25) is 0 Å². The third kappa shape index (κ3) is 10.6. The second-order valence-electron chi connectivity index (χ2n) is 6.72. The molecule has 1 fully saturated rings. The van der Waals surface area contributed by atoms with E-state index in [1.807, 2.05) is 6.08 Å². The minimum atomic E-state index is -1.57. The van der Waals surface area contributed by atoms with E-state index in [9.17, 15) is 26.3 Å². The summed E-state index contributed by atoms with van der Waals surface area (Å²) < 4.78 is 89.9. The lowest BCUT2D eigenvalue weighted by molar-refractivity contribution is -0.106. The summed E-state index contributed by atoms with van der Waals surface area (Å²) in [4.78, 5) is 0. The Hall–Kier alpha value is -2.59. The van der Waals surface area contributed by atoms with Gasteiger partial charge < -0.3 is 19.3 Å². The molecule has 34 heavy (non-hydrogen) atoms. The number of benzene rings is 2. The molecule has 0 spiro atoms. The van der Waals surface area contributed by atoms with Crippen molar-refractivity contribution in [3.8, 4) is 11.5 Å². The van der Waals surface area contributed by atoms with Crippen molar-refractivity contribution in [3.63, 3.8) is 0 Å². The molecule has 11 heteroatoms. The molecule has 4 nitrogen and oxygen atoms in total. The van der Waals surface area contributed by atoms with E-state index in [0.717, 1.165) is 31.6 Å². The van der Waals surface area contributed by atoms with Crippen LogP contribution < -0.4 is 4.74 Å². The molecule has 2 aromatic carbocycles. The predicted molar refractivity (Wildman–Crippen MR) is 117 cm³/mol. The van der Waals surface area contributed by atoms with Gasteiger partial charge in [-0.05, 0) is 31.8 Å². The van der Waals surface area contributed by atoms with E-state index in [2.05, 4.69) is 0 Å².